The maximum Gasteiger partial charge on any atom is 0.330 e. The lowest BCUT2D eigenvalue weighted by Gasteiger charge is -2.21. The highest BCUT2D eigenvalue weighted by atomic mass is 16.2. The maximum atomic E-state index is 12.2. The molecule has 3 rings (SSSR count). The van der Waals surface area contributed by atoms with Gasteiger partial charge in [-0.05, 0) is 32.4 Å². The van der Waals surface area contributed by atoms with Crippen molar-refractivity contribution >= 4 is 11.2 Å². The van der Waals surface area contributed by atoms with Crippen LogP contribution in [0, 0.1) is 0 Å². The zero-order valence-corrected chi connectivity index (χ0v) is 13.2. The summed E-state index contributed by atoms with van der Waals surface area (Å²) in [5.74, 6) is 1.26. The molecule has 1 aliphatic heterocycles. The van der Waals surface area contributed by atoms with Gasteiger partial charge in [0.2, 0.25) is 0 Å². The predicted molar refractivity (Wildman–Crippen MR) is 85.3 cm³/mol. The van der Waals surface area contributed by atoms with Crippen molar-refractivity contribution in [2.45, 2.75) is 45.1 Å². The summed E-state index contributed by atoms with van der Waals surface area (Å²) in [6.07, 6.45) is 3.89. The summed E-state index contributed by atoms with van der Waals surface area (Å²) in [4.78, 5) is 31.4. The Labute approximate surface area is 128 Å². The molecule has 0 atom stereocenters. The highest BCUT2D eigenvalue weighted by molar-refractivity contribution is 5.71. The van der Waals surface area contributed by atoms with Gasteiger partial charge in [-0.2, -0.15) is 0 Å². The molecule has 0 radical (unpaired) electrons. The van der Waals surface area contributed by atoms with E-state index in [9.17, 15) is 9.59 Å². The van der Waals surface area contributed by atoms with Crippen LogP contribution in [0.1, 0.15) is 44.3 Å². The smallest absolute Gasteiger partial charge is 0.325 e. The first-order valence-electron chi connectivity index (χ1n) is 8.03. The second-order valence-corrected chi connectivity index (χ2v) is 5.99. The van der Waals surface area contributed by atoms with Gasteiger partial charge in [-0.3, -0.25) is 14.3 Å². The predicted octanol–water partition coefficient (Wildman–Crippen LogP) is 0.690. The lowest BCUT2D eigenvalue weighted by Crippen LogP contribution is -2.31. The molecule has 1 aliphatic rings. The summed E-state index contributed by atoms with van der Waals surface area (Å²) in [6, 6.07) is 0. The van der Waals surface area contributed by atoms with Crippen LogP contribution in [0.2, 0.25) is 0 Å². The lowest BCUT2D eigenvalue weighted by molar-refractivity contribution is 0.438. The largest absolute Gasteiger partial charge is 0.330 e. The summed E-state index contributed by atoms with van der Waals surface area (Å²) in [5, 5.41) is 3.34. The molecular weight excluding hydrogens is 282 g/mol. The summed E-state index contributed by atoms with van der Waals surface area (Å²) in [7, 11) is 1.87. The number of hydrogen-bond acceptors (Lipinski definition) is 4. The number of unbranched alkanes of at least 4 members (excludes halogenated alkanes) is 1. The van der Waals surface area contributed by atoms with Gasteiger partial charge in [0.1, 0.15) is 5.82 Å². The molecular formula is C15H23N5O2. The molecule has 1 saturated heterocycles. The van der Waals surface area contributed by atoms with E-state index in [0.29, 0.717) is 23.6 Å². The maximum absolute atomic E-state index is 12.2. The second-order valence-electron chi connectivity index (χ2n) is 5.99. The van der Waals surface area contributed by atoms with Crippen LogP contribution in [0.4, 0.5) is 0 Å². The first-order valence-corrected chi connectivity index (χ1v) is 8.03. The molecule has 0 aliphatic carbocycles. The Morgan fingerprint density at radius 1 is 1.27 bits per heavy atom. The van der Waals surface area contributed by atoms with E-state index in [-0.39, 0.29) is 11.2 Å². The van der Waals surface area contributed by atoms with E-state index >= 15 is 0 Å². The van der Waals surface area contributed by atoms with Crippen molar-refractivity contribution in [2.75, 3.05) is 13.1 Å². The number of H-pyrrole nitrogens is 1. The van der Waals surface area contributed by atoms with Crippen molar-refractivity contribution in [3.05, 3.63) is 26.7 Å². The third-order valence-corrected chi connectivity index (χ3v) is 4.49. The molecule has 2 N–H and O–H groups in total. The fourth-order valence-corrected chi connectivity index (χ4v) is 3.23. The molecule has 2 aromatic heterocycles. The quantitative estimate of drug-likeness (QED) is 0.870. The molecule has 120 valence electrons. The molecule has 0 saturated carbocycles. The molecule has 0 spiro atoms. The number of rotatable bonds is 4. The average molecular weight is 305 g/mol. The van der Waals surface area contributed by atoms with Gasteiger partial charge in [-0.1, -0.05) is 13.3 Å². The molecule has 0 unspecified atom stereocenters. The Kier molecular flexibility index (Phi) is 4.15. The molecule has 3 heterocycles. The number of aryl methyl sites for hydroxylation is 2. The normalized spacial score (nSPS) is 16.5. The van der Waals surface area contributed by atoms with Crippen LogP contribution in [0.15, 0.2) is 9.59 Å². The number of hydrogen-bond donors (Lipinski definition) is 2. The standard InChI is InChI=1S/C15H23N5O2/c1-3-4-9-20-13-11(14(21)18-15(20)22)19(2)12(17-13)10-5-7-16-8-6-10/h10,16H,3-9H2,1-2H3,(H,18,21,22). The minimum Gasteiger partial charge on any atom is -0.325 e. The summed E-state index contributed by atoms with van der Waals surface area (Å²) in [6.45, 7) is 4.60. The highest BCUT2D eigenvalue weighted by Crippen LogP contribution is 2.25. The van der Waals surface area contributed by atoms with E-state index in [0.717, 1.165) is 44.6 Å². The van der Waals surface area contributed by atoms with E-state index < -0.39 is 0 Å². The Morgan fingerprint density at radius 3 is 2.68 bits per heavy atom. The van der Waals surface area contributed by atoms with Crippen LogP contribution in [0.5, 0.6) is 0 Å². The number of piperidine rings is 1. The van der Waals surface area contributed by atoms with Gasteiger partial charge >= 0.3 is 5.69 Å². The summed E-state index contributed by atoms with van der Waals surface area (Å²) in [5.41, 5.74) is 0.325. The number of aromatic amines is 1. The SMILES string of the molecule is CCCCn1c(=O)[nH]c(=O)c2c1nc(C1CCNCC1)n2C. The van der Waals surface area contributed by atoms with Gasteiger partial charge in [-0.15, -0.1) is 0 Å². The lowest BCUT2D eigenvalue weighted by atomic mass is 9.97. The van der Waals surface area contributed by atoms with Gasteiger partial charge in [0.25, 0.3) is 5.56 Å². The summed E-state index contributed by atoms with van der Waals surface area (Å²) < 4.78 is 3.47. The first-order chi connectivity index (χ1) is 10.6. The van der Waals surface area contributed by atoms with Crippen molar-refractivity contribution in [2.24, 2.45) is 7.05 Å². The van der Waals surface area contributed by atoms with Crippen molar-refractivity contribution in [3.8, 4) is 0 Å². The van der Waals surface area contributed by atoms with E-state index in [2.05, 4.69) is 22.2 Å². The topological polar surface area (TPSA) is 84.7 Å². The van der Waals surface area contributed by atoms with E-state index in [1.54, 1.807) is 4.57 Å². The Morgan fingerprint density at radius 2 is 2.00 bits per heavy atom. The van der Waals surface area contributed by atoms with Crippen molar-refractivity contribution < 1.29 is 0 Å². The first kappa shape index (κ1) is 15.0. The van der Waals surface area contributed by atoms with Crippen molar-refractivity contribution in [1.82, 2.24) is 24.4 Å². The molecule has 0 amide bonds. The molecule has 7 heteroatoms. The van der Waals surface area contributed by atoms with E-state index in [1.807, 2.05) is 11.6 Å². The fourth-order valence-electron chi connectivity index (χ4n) is 3.23. The van der Waals surface area contributed by atoms with Gasteiger partial charge in [0.15, 0.2) is 11.2 Å². The fraction of sp³-hybridized carbons (Fsp3) is 0.667. The van der Waals surface area contributed by atoms with Gasteiger partial charge in [-0.25, -0.2) is 9.78 Å². The Balaban J connectivity index is 2.16. The Bertz CT molecular complexity index is 780. The minimum absolute atomic E-state index is 0.341. The van der Waals surface area contributed by atoms with Crippen molar-refractivity contribution in [3.63, 3.8) is 0 Å². The monoisotopic (exact) mass is 305 g/mol. The second kappa shape index (κ2) is 6.08. The van der Waals surface area contributed by atoms with E-state index in [1.165, 1.54) is 0 Å². The molecule has 7 nitrogen and oxygen atoms in total. The van der Waals surface area contributed by atoms with Crippen LogP contribution in [-0.2, 0) is 13.6 Å². The van der Waals surface area contributed by atoms with Crippen LogP contribution in [0.25, 0.3) is 11.2 Å². The van der Waals surface area contributed by atoms with Crippen LogP contribution < -0.4 is 16.6 Å². The van der Waals surface area contributed by atoms with Gasteiger partial charge in [0, 0.05) is 19.5 Å². The van der Waals surface area contributed by atoms with E-state index in [4.69, 9.17) is 0 Å². The number of nitrogens with zero attached hydrogens (tertiary/aromatic N) is 3. The minimum atomic E-state index is -0.360. The van der Waals surface area contributed by atoms with Crippen LogP contribution in [-0.4, -0.2) is 32.2 Å². The zero-order valence-electron chi connectivity index (χ0n) is 13.2. The third-order valence-electron chi connectivity index (χ3n) is 4.49. The van der Waals surface area contributed by atoms with Crippen LogP contribution in [0.3, 0.4) is 0 Å². The molecule has 22 heavy (non-hydrogen) atoms. The molecule has 0 aromatic carbocycles. The number of aromatic nitrogens is 4. The molecule has 2 aromatic rings. The highest BCUT2D eigenvalue weighted by Gasteiger charge is 2.23. The summed E-state index contributed by atoms with van der Waals surface area (Å²) >= 11 is 0. The number of imidazole rings is 1. The number of fused-ring (bicyclic) bond motifs is 1. The number of nitrogens with one attached hydrogen (secondary N) is 2. The van der Waals surface area contributed by atoms with Crippen LogP contribution >= 0.6 is 0 Å². The van der Waals surface area contributed by atoms with Crippen molar-refractivity contribution in [1.29, 1.82) is 0 Å². The molecule has 1 fully saturated rings. The van der Waals surface area contributed by atoms with Gasteiger partial charge in [0.05, 0.1) is 0 Å². The third kappa shape index (κ3) is 2.49. The average Bonchev–Trinajstić information content (AvgIpc) is 2.86. The molecule has 0 bridgehead atoms. The zero-order chi connectivity index (χ0) is 15.7. The Hall–Kier alpha value is -1.89. The van der Waals surface area contributed by atoms with Gasteiger partial charge < -0.3 is 9.88 Å².